The van der Waals surface area contributed by atoms with Crippen LogP contribution in [0.4, 0.5) is 26.4 Å². The number of halogens is 2. The van der Waals surface area contributed by atoms with Gasteiger partial charge in [0.2, 0.25) is 34.5 Å². The Hall–Kier alpha value is -6.15. The second-order valence-electron chi connectivity index (χ2n) is 14.6. The molecule has 4 aromatic rings. The van der Waals surface area contributed by atoms with Crippen molar-refractivity contribution < 1.29 is 41.6 Å². The lowest BCUT2D eigenvalue weighted by Crippen LogP contribution is -2.41. The predicted molar refractivity (Wildman–Crippen MR) is 230 cm³/mol. The van der Waals surface area contributed by atoms with E-state index in [4.69, 9.17) is 26.7 Å². The van der Waals surface area contributed by atoms with Crippen LogP contribution in [0.15, 0.2) is 41.8 Å². The minimum Gasteiger partial charge on any atom is -0.496 e. The Morgan fingerprint density at radius 1 is 0.742 bits per heavy atom. The smallest absolute Gasteiger partial charge is 0.224 e. The first-order chi connectivity index (χ1) is 29.4. The lowest BCUT2D eigenvalue weighted by molar-refractivity contribution is -0.130. The molecule has 2 aliphatic heterocycles. The maximum absolute atomic E-state index is 14.0. The van der Waals surface area contributed by atoms with Crippen LogP contribution >= 0.6 is 0 Å². The molecule has 334 valence electrons. The molecule has 62 heavy (non-hydrogen) atoms. The molecular formula is C42H54F2N10O7S. The second kappa shape index (κ2) is 22.1. The molecule has 6 rings (SSSR count). The zero-order valence-electron chi connectivity index (χ0n) is 35.9. The highest BCUT2D eigenvalue weighted by Crippen LogP contribution is 2.28. The number of benzene rings is 2. The van der Waals surface area contributed by atoms with Crippen molar-refractivity contribution in [1.29, 1.82) is 0 Å². The van der Waals surface area contributed by atoms with Crippen LogP contribution in [0, 0.1) is 25.5 Å². The van der Waals surface area contributed by atoms with E-state index in [2.05, 4.69) is 25.3 Å². The van der Waals surface area contributed by atoms with Gasteiger partial charge in [0, 0.05) is 70.3 Å². The number of carbonyl (C=O) groups is 4. The van der Waals surface area contributed by atoms with Gasteiger partial charge in [0.25, 0.3) is 0 Å². The molecule has 2 aromatic heterocycles. The molecule has 0 spiro atoms. The highest BCUT2D eigenvalue weighted by atomic mass is 32.2. The first-order valence-corrected chi connectivity index (χ1v) is 21.1. The average molecular weight is 881 g/mol. The fourth-order valence-corrected chi connectivity index (χ4v) is 7.09. The average Bonchev–Trinajstić information content (AvgIpc) is 3.25. The minimum absolute atomic E-state index is 0.00305. The van der Waals surface area contributed by atoms with Gasteiger partial charge in [-0.2, -0.15) is 4.98 Å². The van der Waals surface area contributed by atoms with E-state index < -0.39 is 34.0 Å². The van der Waals surface area contributed by atoms with E-state index >= 15 is 0 Å². The molecule has 17 nitrogen and oxygen atoms in total. The number of hydrogen-bond acceptors (Lipinski definition) is 15. The first kappa shape index (κ1) is 48.5. The van der Waals surface area contributed by atoms with Gasteiger partial charge in [-0.05, 0) is 74.9 Å². The number of nitrogens with zero attached hydrogens (tertiary/aromatic N) is 6. The van der Waals surface area contributed by atoms with Gasteiger partial charge in [0.15, 0.2) is 0 Å². The van der Waals surface area contributed by atoms with Crippen LogP contribution in [0.3, 0.4) is 0 Å². The number of nitrogen functional groups attached to an aromatic ring is 2. The van der Waals surface area contributed by atoms with Crippen LogP contribution in [0.2, 0.25) is 0 Å². The summed E-state index contributed by atoms with van der Waals surface area (Å²) in [4.78, 5) is 67.5. The Bertz CT molecular complexity index is 2300. The van der Waals surface area contributed by atoms with Gasteiger partial charge in [-0.1, -0.05) is 6.92 Å². The van der Waals surface area contributed by atoms with Gasteiger partial charge in [0.1, 0.15) is 34.8 Å². The van der Waals surface area contributed by atoms with E-state index in [9.17, 15) is 32.2 Å². The van der Waals surface area contributed by atoms with Crippen molar-refractivity contribution >= 4 is 51.8 Å². The molecular weight excluding hydrogens is 827 g/mol. The number of piperidine rings is 2. The molecule has 0 aliphatic carbocycles. The standard InChI is InChI=1S/C20H24FN5O3.C15H16FN3O3S.C7H14N2O/c1-11-8-17(29-3)14(9-16(11)21)18(28)15-10-23-20(25-19(15)22)24-13-4-6-26(7-5-13)12(2)27;1-4-23(21)15-18-7-10(14(17)19-15)13(20)9-6-11(16)8(2)5-12(9)22-3;1-6(10)9-4-2-7(8)3-5-9/h8-10,13H,4-7H2,1-3H3,(H3,22,23,24,25);5-7H,4H2,1-3H3,(H2,17,18,19);7H,2-5,8H2,1H3. The Balaban J connectivity index is 0.000000227. The van der Waals surface area contributed by atoms with Gasteiger partial charge in [0.05, 0.1) is 47.3 Å². The van der Waals surface area contributed by atoms with Crippen molar-refractivity contribution in [2.75, 3.05) is 62.9 Å². The van der Waals surface area contributed by atoms with Gasteiger partial charge in [-0.3, -0.25) is 23.4 Å². The summed E-state index contributed by atoms with van der Waals surface area (Å²) in [5.74, 6) is -0.857. The van der Waals surface area contributed by atoms with Crippen molar-refractivity contribution in [1.82, 2.24) is 29.7 Å². The summed E-state index contributed by atoms with van der Waals surface area (Å²) in [6.45, 7) is 11.1. The third-order valence-electron chi connectivity index (χ3n) is 10.3. The minimum atomic E-state index is -1.38. The molecule has 0 bridgehead atoms. The summed E-state index contributed by atoms with van der Waals surface area (Å²) < 4.78 is 49.8. The number of nitrogens with one attached hydrogen (secondary N) is 1. The molecule has 7 N–H and O–H groups in total. The third kappa shape index (κ3) is 12.5. The Kier molecular flexibility index (Phi) is 17.3. The molecule has 2 fully saturated rings. The molecule has 1 atom stereocenters. The van der Waals surface area contributed by atoms with E-state index in [0.717, 1.165) is 50.9 Å². The fraction of sp³-hybridized carbons (Fsp3) is 0.429. The van der Waals surface area contributed by atoms with E-state index in [-0.39, 0.29) is 68.4 Å². The second-order valence-corrected chi connectivity index (χ2v) is 16.2. The monoisotopic (exact) mass is 880 g/mol. The van der Waals surface area contributed by atoms with Crippen molar-refractivity contribution in [3.05, 3.63) is 81.7 Å². The van der Waals surface area contributed by atoms with E-state index in [0.29, 0.717) is 42.0 Å². The van der Waals surface area contributed by atoms with E-state index in [1.54, 1.807) is 39.5 Å². The van der Waals surface area contributed by atoms with Gasteiger partial charge < -0.3 is 41.8 Å². The Morgan fingerprint density at radius 3 is 1.58 bits per heavy atom. The molecule has 2 saturated heterocycles. The van der Waals surface area contributed by atoms with E-state index in [1.165, 1.54) is 38.7 Å². The SMILES string of the molecule is CC(=O)N1CCC(N)CC1.CCS(=O)c1ncc(C(=O)c2cc(F)c(C)cc2OC)c(N)n1.COc1cc(C)c(F)cc1C(=O)c1cnc(NC2CCN(C(C)=O)CC2)nc1N. The van der Waals surface area contributed by atoms with Crippen LogP contribution < -0.4 is 32.0 Å². The Labute approximate surface area is 361 Å². The number of aryl methyl sites for hydroxylation is 2. The number of carbonyl (C=O) groups excluding carboxylic acids is 4. The predicted octanol–water partition coefficient (Wildman–Crippen LogP) is 4.00. The molecule has 2 aromatic carbocycles. The number of likely N-dealkylation sites (tertiary alicyclic amines) is 2. The van der Waals surface area contributed by atoms with Crippen LogP contribution in [-0.2, 0) is 20.4 Å². The zero-order valence-corrected chi connectivity index (χ0v) is 36.7. The normalized spacial score (nSPS) is 14.7. The summed E-state index contributed by atoms with van der Waals surface area (Å²) >= 11 is 0. The summed E-state index contributed by atoms with van der Waals surface area (Å²) in [5, 5.41) is 3.25. The maximum atomic E-state index is 14.0. The van der Waals surface area contributed by atoms with Gasteiger partial charge in [-0.15, -0.1) is 0 Å². The summed E-state index contributed by atoms with van der Waals surface area (Å²) in [7, 11) is 1.42. The molecule has 20 heteroatoms. The highest BCUT2D eigenvalue weighted by molar-refractivity contribution is 7.84. The number of anilines is 3. The maximum Gasteiger partial charge on any atom is 0.224 e. The largest absolute Gasteiger partial charge is 0.496 e. The Morgan fingerprint density at radius 2 is 1.18 bits per heavy atom. The molecule has 0 saturated carbocycles. The molecule has 2 aliphatic rings. The lowest BCUT2D eigenvalue weighted by atomic mass is 10.0. The molecule has 2 amide bonds. The fourth-order valence-electron chi connectivity index (χ4n) is 6.46. The topological polar surface area (TPSA) is 252 Å². The van der Waals surface area contributed by atoms with Crippen LogP contribution in [0.25, 0.3) is 0 Å². The summed E-state index contributed by atoms with van der Waals surface area (Å²) in [6, 6.07) is 5.54. The van der Waals surface area contributed by atoms with Gasteiger partial charge in [-0.25, -0.2) is 23.7 Å². The first-order valence-electron chi connectivity index (χ1n) is 19.8. The zero-order chi connectivity index (χ0) is 45.8. The lowest BCUT2D eigenvalue weighted by Gasteiger charge is -2.31. The van der Waals surface area contributed by atoms with Crippen LogP contribution in [-0.4, -0.2) is 116 Å². The number of methoxy groups -OCH3 is 2. The summed E-state index contributed by atoms with van der Waals surface area (Å²) in [6.07, 6.45) is 5.98. The van der Waals surface area contributed by atoms with E-state index in [1.807, 2.05) is 4.90 Å². The molecule has 4 heterocycles. The quantitative estimate of drug-likeness (QED) is 0.130. The molecule has 1 unspecified atom stereocenters. The van der Waals surface area contributed by atoms with Gasteiger partial charge >= 0.3 is 0 Å². The van der Waals surface area contributed by atoms with Crippen LogP contribution in [0.5, 0.6) is 11.5 Å². The number of nitrogens with two attached hydrogens (primary N) is 3. The number of amides is 2. The number of ether oxygens (including phenoxy) is 2. The van der Waals surface area contributed by atoms with Crippen molar-refractivity contribution in [2.24, 2.45) is 5.73 Å². The summed E-state index contributed by atoms with van der Waals surface area (Å²) in [5.41, 5.74) is 18.3. The van der Waals surface area contributed by atoms with Crippen molar-refractivity contribution in [3.8, 4) is 11.5 Å². The number of aromatic nitrogens is 4. The number of ketones is 2. The van der Waals surface area contributed by atoms with Crippen molar-refractivity contribution in [3.63, 3.8) is 0 Å². The number of rotatable bonds is 10. The third-order valence-corrected chi connectivity index (χ3v) is 11.4. The highest BCUT2D eigenvalue weighted by Gasteiger charge is 2.25. The van der Waals surface area contributed by atoms with Crippen LogP contribution in [0.1, 0.15) is 89.4 Å². The number of hydrogen-bond donors (Lipinski definition) is 4. The van der Waals surface area contributed by atoms with Crippen molar-refractivity contribution in [2.45, 2.75) is 77.5 Å². The molecule has 0 radical (unpaired) electrons.